The first-order valence-corrected chi connectivity index (χ1v) is 6.22. The van der Waals surface area contributed by atoms with Crippen molar-refractivity contribution in [3.05, 3.63) is 0 Å². The van der Waals surface area contributed by atoms with Crippen LogP contribution in [0, 0.1) is 5.92 Å². The van der Waals surface area contributed by atoms with Crippen molar-refractivity contribution in [3.63, 3.8) is 0 Å². The number of ether oxygens (including phenoxy) is 1. The van der Waals surface area contributed by atoms with Gasteiger partial charge in [0.15, 0.2) is 0 Å². The topological polar surface area (TPSA) is 70.0 Å². The van der Waals surface area contributed by atoms with Crippen molar-refractivity contribution in [3.8, 4) is 0 Å². The van der Waals surface area contributed by atoms with Gasteiger partial charge in [-0.25, -0.2) is 0 Å². The Hall–Kier alpha value is -0.650. The molecule has 1 heterocycles. The number of β-amino-alcohol motifs (C(OH)–C–C–N with tert-alkyl or cyclic N) is 1. The fourth-order valence-corrected chi connectivity index (χ4v) is 2.45. The molecule has 0 aromatic carbocycles. The minimum absolute atomic E-state index is 0.250. The van der Waals surface area contributed by atoms with E-state index >= 15 is 0 Å². The van der Waals surface area contributed by atoms with Crippen molar-refractivity contribution < 1.29 is 19.7 Å². The lowest BCUT2D eigenvalue weighted by molar-refractivity contribution is -0.146. The normalized spacial score (nSPS) is 27.9. The summed E-state index contributed by atoms with van der Waals surface area (Å²) in [5, 5.41) is 18.9. The van der Waals surface area contributed by atoms with E-state index in [0.29, 0.717) is 18.9 Å². The number of carboxylic acid groups (broad SMARTS) is 1. The molecule has 0 aromatic heterocycles. The molecular formula is C12H23NO4. The van der Waals surface area contributed by atoms with E-state index in [1.165, 1.54) is 7.11 Å². The van der Waals surface area contributed by atoms with Crippen LogP contribution < -0.4 is 0 Å². The van der Waals surface area contributed by atoms with Crippen LogP contribution in [-0.4, -0.2) is 60.0 Å². The SMILES string of the molecule is CCC1CCN(CC(O)COC)C(C(=O)O)C1. The molecule has 1 aliphatic heterocycles. The van der Waals surface area contributed by atoms with E-state index in [-0.39, 0.29) is 6.61 Å². The molecule has 5 heteroatoms. The maximum Gasteiger partial charge on any atom is 0.320 e. The molecule has 1 fully saturated rings. The first kappa shape index (κ1) is 14.4. The molecule has 0 saturated carbocycles. The predicted molar refractivity (Wildman–Crippen MR) is 63.9 cm³/mol. The lowest BCUT2D eigenvalue weighted by atomic mass is 9.88. The van der Waals surface area contributed by atoms with Crippen LogP contribution >= 0.6 is 0 Å². The van der Waals surface area contributed by atoms with Crippen molar-refractivity contribution in [2.24, 2.45) is 5.92 Å². The fraction of sp³-hybridized carbons (Fsp3) is 0.917. The first-order chi connectivity index (χ1) is 8.08. The molecular weight excluding hydrogens is 222 g/mol. The minimum atomic E-state index is -0.784. The van der Waals surface area contributed by atoms with Gasteiger partial charge >= 0.3 is 5.97 Å². The molecule has 100 valence electrons. The van der Waals surface area contributed by atoms with E-state index in [0.717, 1.165) is 19.4 Å². The molecule has 3 atom stereocenters. The quantitative estimate of drug-likeness (QED) is 0.716. The number of nitrogens with zero attached hydrogens (tertiary/aromatic N) is 1. The number of aliphatic hydroxyl groups excluding tert-OH is 1. The summed E-state index contributed by atoms with van der Waals surface area (Å²) in [6, 6.07) is -0.458. The van der Waals surface area contributed by atoms with Crippen LogP contribution in [0.15, 0.2) is 0 Å². The van der Waals surface area contributed by atoms with Crippen LogP contribution in [-0.2, 0) is 9.53 Å². The largest absolute Gasteiger partial charge is 0.480 e. The molecule has 0 aliphatic carbocycles. The van der Waals surface area contributed by atoms with Crippen LogP contribution in [0.3, 0.4) is 0 Å². The van der Waals surface area contributed by atoms with Crippen LogP contribution in [0.4, 0.5) is 0 Å². The Morgan fingerprint density at radius 2 is 2.29 bits per heavy atom. The molecule has 0 radical (unpaired) electrons. The van der Waals surface area contributed by atoms with Gasteiger partial charge in [0.05, 0.1) is 12.7 Å². The second kappa shape index (κ2) is 6.93. The Morgan fingerprint density at radius 3 is 2.82 bits per heavy atom. The Balaban J connectivity index is 2.54. The Kier molecular flexibility index (Phi) is 5.88. The summed E-state index contributed by atoms with van der Waals surface area (Å²) in [6.45, 7) is 3.47. The first-order valence-electron chi connectivity index (χ1n) is 6.22. The second-order valence-corrected chi connectivity index (χ2v) is 4.76. The highest BCUT2D eigenvalue weighted by atomic mass is 16.5. The maximum absolute atomic E-state index is 11.2. The molecule has 1 saturated heterocycles. The number of hydrogen-bond acceptors (Lipinski definition) is 4. The van der Waals surface area contributed by atoms with Crippen LogP contribution in [0.1, 0.15) is 26.2 Å². The van der Waals surface area contributed by atoms with Crippen LogP contribution in [0.5, 0.6) is 0 Å². The highest BCUT2D eigenvalue weighted by Crippen LogP contribution is 2.25. The molecule has 0 spiro atoms. The maximum atomic E-state index is 11.2. The summed E-state index contributed by atoms with van der Waals surface area (Å²) in [7, 11) is 1.53. The lowest BCUT2D eigenvalue weighted by Crippen LogP contribution is -2.50. The molecule has 0 aromatic rings. The van der Waals surface area contributed by atoms with E-state index in [4.69, 9.17) is 4.74 Å². The average molecular weight is 245 g/mol. The zero-order chi connectivity index (χ0) is 12.8. The van der Waals surface area contributed by atoms with Crippen molar-refractivity contribution in [2.45, 2.75) is 38.3 Å². The van der Waals surface area contributed by atoms with Gasteiger partial charge in [-0.15, -0.1) is 0 Å². The molecule has 3 unspecified atom stereocenters. The molecule has 2 N–H and O–H groups in total. The molecule has 0 bridgehead atoms. The average Bonchev–Trinajstić information content (AvgIpc) is 2.29. The summed E-state index contributed by atoms with van der Waals surface area (Å²) in [6.07, 6.45) is 2.11. The number of methoxy groups -OCH3 is 1. The van der Waals surface area contributed by atoms with Crippen LogP contribution in [0.25, 0.3) is 0 Å². The van der Waals surface area contributed by atoms with Gasteiger partial charge in [-0.3, -0.25) is 9.69 Å². The number of aliphatic hydroxyl groups is 1. The van der Waals surface area contributed by atoms with Crippen molar-refractivity contribution in [1.82, 2.24) is 4.90 Å². The number of carboxylic acids is 1. The summed E-state index contributed by atoms with van der Waals surface area (Å²) in [4.78, 5) is 13.1. The molecule has 5 nitrogen and oxygen atoms in total. The molecule has 17 heavy (non-hydrogen) atoms. The minimum Gasteiger partial charge on any atom is -0.480 e. The predicted octanol–water partition coefficient (Wildman–Crippen LogP) is 0.569. The van der Waals surface area contributed by atoms with Crippen molar-refractivity contribution in [1.29, 1.82) is 0 Å². The summed E-state index contributed by atoms with van der Waals surface area (Å²) >= 11 is 0. The Labute approximate surface area is 102 Å². The van der Waals surface area contributed by atoms with Gasteiger partial charge < -0.3 is 14.9 Å². The number of piperidine rings is 1. The Morgan fingerprint density at radius 1 is 1.59 bits per heavy atom. The van der Waals surface area contributed by atoms with E-state index in [9.17, 15) is 15.0 Å². The zero-order valence-corrected chi connectivity index (χ0v) is 10.6. The fourth-order valence-electron chi connectivity index (χ4n) is 2.45. The number of hydrogen-bond donors (Lipinski definition) is 2. The van der Waals surface area contributed by atoms with E-state index in [1.807, 2.05) is 4.90 Å². The van der Waals surface area contributed by atoms with Gasteiger partial charge in [0.1, 0.15) is 6.04 Å². The van der Waals surface area contributed by atoms with Crippen LogP contribution in [0.2, 0.25) is 0 Å². The summed E-state index contributed by atoms with van der Waals surface area (Å²) in [5.74, 6) is -0.292. The van der Waals surface area contributed by atoms with Crippen molar-refractivity contribution in [2.75, 3.05) is 26.8 Å². The third kappa shape index (κ3) is 4.26. The number of rotatable bonds is 6. The Bertz CT molecular complexity index is 247. The van der Waals surface area contributed by atoms with E-state index < -0.39 is 18.1 Å². The lowest BCUT2D eigenvalue weighted by Gasteiger charge is -2.37. The zero-order valence-electron chi connectivity index (χ0n) is 10.6. The van der Waals surface area contributed by atoms with Gasteiger partial charge in [0.25, 0.3) is 0 Å². The van der Waals surface area contributed by atoms with Crippen molar-refractivity contribution >= 4 is 5.97 Å². The number of carbonyl (C=O) groups is 1. The number of likely N-dealkylation sites (tertiary alicyclic amines) is 1. The highest BCUT2D eigenvalue weighted by Gasteiger charge is 2.33. The smallest absolute Gasteiger partial charge is 0.320 e. The monoisotopic (exact) mass is 245 g/mol. The molecule has 1 aliphatic rings. The van der Waals surface area contributed by atoms with Gasteiger partial charge in [0, 0.05) is 13.7 Å². The molecule has 0 amide bonds. The standard InChI is InChI=1S/C12H23NO4/c1-3-9-4-5-13(7-10(14)8-17-2)11(6-9)12(15)16/h9-11,14H,3-8H2,1-2H3,(H,15,16). The number of aliphatic carboxylic acids is 1. The summed E-state index contributed by atoms with van der Waals surface area (Å²) < 4.78 is 4.86. The third-order valence-electron chi connectivity index (χ3n) is 3.49. The van der Waals surface area contributed by atoms with E-state index in [1.54, 1.807) is 0 Å². The van der Waals surface area contributed by atoms with Gasteiger partial charge in [0.2, 0.25) is 0 Å². The third-order valence-corrected chi connectivity index (χ3v) is 3.49. The second-order valence-electron chi connectivity index (χ2n) is 4.76. The van der Waals surface area contributed by atoms with Gasteiger partial charge in [-0.1, -0.05) is 13.3 Å². The van der Waals surface area contributed by atoms with E-state index in [2.05, 4.69) is 6.92 Å². The van der Waals surface area contributed by atoms with Gasteiger partial charge in [-0.2, -0.15) is 0 Å². The summed E-state index contributed by atoms with van der Waals surface area (Å²) in [5.41, 5.74) is 0. The highest BCUT2D eigenvalue weighted by molar-refractivity contribution is 5.73. The molecule has 1 rings (SSSR count). The van der Waals surface area contributed by atoms with Gasteiger partial charge in [-0.05, 0) is 25.3 Å².